The van der Waals surface area contributed by atoms with E-state index in [0.717, 1.165) is 5.69 Å². The number of nitrogens with one attached hydrogen (secondary N) is 1. The molecular weight excluding hydrogens is 232 g/mol. The van der Waals surface area contributed by atoms with Gasteiger partial charge in [0.15, 0.2) is 0 Å². The van der Waals surface area contributed by atoms with Crippen LogP contribution in [-0.2, 0) is 0 Å². The number of rotatable bonds is 1. The molecule has 0 spiro atoms. The van der Waals surface area contributed by atoms with E-state index < -0.39 is 0 Å². The molecule has 0 bridgehead atoms. The van der Waals surface area contributed by atoms with Gasteiger partial charge in [-0.3, -0.25) is 5.10 Å². The van der Waals surface area contributed by atoms with Crippen molar-refractivity contribution >= 4 is 0 Å². The fraction of sp³-hybridized carbons (Fsp3) is 0.118. The van der Waals surface area contributed by atoms with E-state index >= 15 is 0 Å². The van der Waals surface area contributed by atoms with Gasteiger partial charge in [-0.2, -0.15) is 5.10 Å². The summed E-state index contributed by atoms with van der Waals surface area (Å²) >= 11 is 0. The number of benzene rings is 2. The van der Waals surface area contributed by atoms with E-state index in [1.165, 1.54) is 27.9 Å². The van der Waals surface area contributed by atoms with Gasteiger partial charge in [-0.15, -0.1) is 0 Å². The zero-order chi connectivity index (χ0) is 12.8. The summed E-state index contributed by atoms with van der Waals surface area (Å²) in [5, 5.41) is 7.62. The lowest BCUT2D eigenvalue weighted by atomic mass is 9.89. The molecule has 92 valence electrons. The second-order valence-electron chi connectivity index (χ2n) is 5.04. The summed E-state index contributed by atoms with van der Waals surface area (Å²) in [6.07, 6.45) is 0. The molecule has 0 amide bonds. The molecule has 2 aromatic carbocycles. The molecule has 2 nitrogen and oxygen atoms in total. The second-order valence-corrected chi connectivity index (χ2v) is 5.04. The lowest BCUT2D eigenvalue weighted by molar-refractivity contribution is 0.974. The molecule has 3 aromatic rings. The van der Waals surface area contributed by atoms with Crippen LogP contribution in [0.25, 0.3) is 11.3 Å². The first-order valence-electron chi connectivity index (χ1n) is 6.55. The molecule has 0 fully saturated rings. The van der Waals surface area contributed by atoms with Gasteiger partial charge in [0.2, 0.25) is 0 Å². The van der Waals surface area contributed by atoms with E-state index in [-0.39, 0.29) is 0 Å². The monoisotopic (exact) mass is 246 g/mol. The summed E-state index contributed by atoms with van der Waals surface area (Å²) in [6.45, 7) is 2.10. The molecule has 0 unspecified atom stereocenters. The van der Waals surface area contributed by atoms with E-state index in [2.05, 4.69) is 71.7 Å². The Morgan fingerprint density at radius 2 is 1.68 bits per heavy atom. The number of aromatic amines is 1. The summed E-state index contributed by atoms with van der Waals surface area (Å²) in [5.41, 5.74) is 7.56. The summed E-state index contributed by atoms with van der Waals surface area (Å²) in [5.74, 6) is 0.311. The van der Waals surface area contributed by atoms with Crippen molar-refractivity contribution in [3.8, 4) is 11.3 Å². The van der Waals surface area contributed by atoms with E-state index in [1.54, 1.807) is 0 Å². The van der Waals surface area contributed by atoms with Crippen LogP contribution in [0.15, 0.2) is 54.6 Å². The molecule has 1 aliphatic rings. The maximum atomic E-state index is 4.49. The number of nitrogens with zero attached hydrogens (tertiary/aromatic N) is 1. The number of aromatic nitrogens is 2. The van der Waals surface area contributed by atoms with Crippen LogP contribution in [0.1, 0.15) is 28.3 Å². The maximum Gasteiger partial charge on any atom is 0.0968 e. The highest BCUT2D eigenvalue weighted by Gasteiger charge is 2.33. The van der Waals surface area contributed by atoms with Crippen molar-refractivity contribution in [2.75, 3.05) is 0 Å². The molecule has 1 heterocycles. The van der Waals surface area contributed by atoms with Gasteiger partial charge in [0.1, 0.15) is 0 Å². The molecule has 1 aromatic heterocycles. The molecule has 4 rings (SSSR count). The van der Waals surface area contributed by atoms with Crippen LogP contribution in [0.3, 0.4) is 0 Å². The molecule has 0 saturated carbocycles. The standard InChI is InChI=1S/C17H14N2/c1-11-15-16(12-7-3-2-4-8-12)13-9-5-6-10-14(13)17(15)19-18-11/h2-10,16H,1H3,(H,18,19)/t16-/m0/s1. The van der Waals surface area contributed by atoms with E-state index in [4.69, 9.17) is 0 Å². The average Bonchev–Trinajstić information content (AvgIpc) is 2.99. The molecule has 0 saturated heterocycles. The van der Waals surface area contributed by atoms with E-state index in [9.17, 15) is 0 Å². The molecule has 1 N–H and O–H groups in total. The van der Waals surface area contributed by atoms with Gasteiger partial charge in [-0.25, -0.2) is 0 Å². The molecule has 0 radical (unpaired) electrons. The van der Waals surface area contributed by atoms with Crippen LogP contribution in [0, 0.1) is 6.92 Å². The third-order valence-corrected chi connectivity index (χ3v) is 3.94. The molecule has 19 heavy (non-hydrogen) atoms. The Bertz CT molecular complexity index is 741. The number of H-pyrrole nitrogens is 1. The molecule has 2 heteroatoms. The Kier molecular flexibility index (Phi) is 2.12. The van der Waals surface area contributed by atoms with Crippen LogP contribution < -0.4 is 0 Å². The summed E-state index contributed by atoms with van der Waals surface area (Å²) in [6, 6.07) is 19.2. The van der Waals surface area contributed by atoms with Crippen molar-refractivity contribution in [3.63, 3.8) is 0 Å². The molecular formula is C17H14N2. The predicted molar refractivity (Wildman–Crippen MR) is 76.1 cm³/mol. The van der Waals surface area contributed by atoms with Crippen molar-refractivity contribution in [1.29, 1.82) is 0 Å². The van der Waals surface area contributed by atoms with Crippen molar-refractivity contribution in [2.45, 2.75) is 12.8 Å². The second kappa shape index (κ2) is 3.82. The lowest BCUT2D eigenvalue weighted by Crippen LogP contribution is -2.00. The summed E-state index contributed by atoms with van der Waals surface area (Å²) in [7, 11) is 0. The quantitative estimate of drug-likeness (QED) is 0.542. The minimum absolute atomic E-state index is 0.311. The highest BCUT2D eigenvalue weighted by atomic mass is 15.1. The van der Waals surface area contributed by atoms with Crippen molar-refractivity contribution in [3.05, 3.63) is 77.0 Å². The van der Waals surface area contributed by atoms with Gasteiger partial charge in [-0.1, -0.05) is 54.6 Å². The lowest BCUT2D eigenvalue weighted by Gasteiger charge is -2.14. The van der Waals surface area contributed by atoms with Crippen molar-refractivity contribution < 1.29 is 0 Å². The first-order chi connectivity index (χ1) is 9.36. The van der Waals surface area contributed by atoms with Gasteiger partial charge < -0.3 is 0 Å². The number of fused-ring (bicyclic) bond motifs is 3. The maximum absolute atomic E-state index is 4.49. The zero-order valence-electron chi connectivity index (χ0n) is 10.7. The smallest absolute Gasteiger partial charge is 0.0968 e. The normalized spacial score (nSPS) is 16.2. The zero-order valence-corrected chi connectivity index (χ0v) is 10.7. The Morgan fingerprint density at radius 3 is 2.53 bits per heavy atom. The number of aryl methyl sites for hydroxylation is 1. The number of hydrogen-bond donors (Lipinski definition) is 1. The van der Waals surface area contributed by atoms with Crippen LogP contribution in [-0.4, -0.2) is 10.2 Å². The molecule has 1 atom stereocenters. The Morgan fingerprint density at radius 1 is 0.947 bits per heavy atom. The van der Waals surface area contributed by atoms with Crippen molar-refractivity contribution in [2.24, 2.45) is 0 Å². The fourth-order valence-corrected chi connectivity index (χ4v) is 3.11. The minimum atomic E-state index is 0.311. The minimum Gasteiger partial charge on any atom is -0.282 e. The van der Waals surface area contributed by atoms with Crippen LogP contribution >= 0.6 is 0 Å². The van der Waals surface area contributed by atoms with Crippen molar-refractivity contribution in [1.82, 2.24) is 10.2 Å². The van der Waals surface area contributed by atoms with Gasteiger partial charge in [0.25, 0.3) is 0 Å². The average molecular weight is 246 g/mol. The number of hydrogen-bond acceptors (Lipinski definition) is 1. The van der Waals surface area contributed by atoms with Crippen LogP contribution in [0.2, 0.25) is 0 Å². The predicted octanol–water partition coefficient (Wildman–Crippen LogP) is 3.88. The summed E-state index contributed by atoms with van der Waals surface area (Å²) < 4.78 is 0. The topological polar surface area (TPSA) is 28.7 Å². The van der Waals surface area contributed by atoms with Gasteiger partial charge in [0, 0.05) is 22.7 Å². The Balaban J connectivity index is 2.03. The molecule has 0 aliphatic heterocycles. The third-order valence-electron chi connectivity index (χ3n) is 3.94. The van der Waals surface area contributed by atoms with Gasteiger partial charge in [0.05, 0.1) is 5.69 Å². The van der Waals surface area contributed by atoms with Crippen LogP contribution in [0.5, 0.6) is 0 Å². The third kappa shape index (κ3) is 1.40. The fourth-order valence-electron chi connectivity index (χ4n) is 3.11. The Hall–Kier alpha value is -2.35. The SMILES string of the molecule is Cc1[nH]nc2c1[C@@H](c1ccccc1)c1ccccc1-2. The summed E-state index contributed by atoms with van der Waals surface area (Å²) in [4.78, 5) is 0. The Labute approximate surface area is 112 Å². The molecule has 1 aliphatic carbocycles. The first kappa shape index (κ1) is 10.6. The van der Waals surface area contributed by atoms with Gasteiger partial charge in [-0.05, 0) is 18.1 Å². The highest BCUT2D eigenvalue weighted by molar-refractivity contribution is 5.78. The largest absolute Gasteiger partial charge is 0.282 e. The van der Waals surface area contributed by atoms with Crippen LogP contribution in [0.4, 0.5) is 0 Å². The van der Waals surface area contributed by atoms with E-state index in [1.807, 2.05) is 0 Å². The van der Waals surface area contributed by atoms with Gasteiger partial charge >= 0.3 is 0 Å². The first-order valence-corrected chi connectivity index (χ1v) is 6.55. The highest BCUT2D eigenvalue weighted by Crippen LogP contribution is 2.47. The van der Waals surface area contributed by atoms with E-state index in [0.29, 0.717) is 5.92 Å².